The Morgan fingerprint density at radius 1 is 1.22 bits per heavy atom. The van der Waals surface area contributed by atoms with Gasteiger partial charge in [-0.3, -0.25) is 10.2 Å². The van der Waals surface area contributed by atoms with Gasteiger partial charge in [-0.05, 0) is 42.3 Å². The van der Waals surface area contributed by atoms with Crippen molar-refractivity contribution in [2.24, 2.45) is 5.84 Å². The Labute approximate surface area is 162 Å². The molecule has 0 spiro atoms. The minimum absolute atomic E-state index is 0.0850. The number of carbonyl (C=O) groups excluding carboxylic acids is 2. The Morgan fingerprint density at radius 2 is 1.89 bits per heavy atom. The minimum atomic E-state index is -0.491. The third kappa shape index (κ3) is 5.84. The maximum atomic E-state index is 12.2. The van der Waals surface area contributed by atoms with Gasteiger partial charge in [-0.1, -0.05) is 42.8 Å². The first kappa shape index (κ1) is 20.5. The van der Waals surface area contributed by atoms with E-state index in [2.05, 4.69) is 5.43 Å². The highest BCUT2D eigenvalue weighted by Gasteiger charge is 2.14. The summed E-state index contributed by atoms with van der Waals surface area (Å²) in [5.74, 6) is 4.17. The van der Waals surface area contributed by atoms with Crippen LogP contribution in [0.4, 0.5) is 0 Å². The number of halogens is 1. The van der Waals surface area contributed by atoms with Crippen LogP contribution in [0, 0.1) is 0 Å². The summed E-state index contributed by atoms with van der Waals surface area (Å²) < 4.78 is 5.49. The van der Waals surface area contributed by atoms with Crippen LogP contribution in [0.3, 0.4) is 0 Å². The molecule has 0 saturated heterocycles. The zero-order valence-corrected chi connectivity index (χ0v) is 15.6. The molecule has 2 aromatic carbocycles. The number of carbonyl (C=O) groups is 2. The Kier molecular flexibility index (Phi) is 7.40. The molecule has 1 unspecified atom stereocenters. The fraction of sp³-hybridized carbons (Fsp3) is 0.200. The fourth-order valence-electron chi connectivity index (χ4n) is 2.34. The number of rotatable bonds is 7. The molecule has 0 heterocycles. The summed E-state index contributed by atoms with van der Waals surface area (Å²) in [7, 11) is 0. The number of aromatic hydroxyl groups is 1. The molecule has 0 aliphatic heterocycles. The number of phenolic OH excluding ortho intramolecular Hbond substituents is 1. The van der Waals surface area contributed by atoms with Crippen LogP contribution >= 0.6 is 11.6 Å². The van der Waals surface area contributed by atoms with E-state index in [-0.39, 0.29) is 28.3 Å². The zero-order valence-electron chi connectivity index (χ0n) is 14.8. The highest BCUT2D eigenvalue weighted by molar-refractivity contribution is 6.32. The lowest BCUT2D eigenvalue weighted by molar-refractivity contribution is 0.0300. The van der Waals surface area contributed by atoms with Crippen LogP contribution in [0.2, 0.25) is 5.02 Å². The lowest BCUT2D eigenvalue weighted by atomic mass is 10.1. The molecule has 0 fully saturated rings. The first-order valence-corrected chi connectivity index (χ1v) is 8.79. The summed E-state index contributed by atoms with van der Waals surface area (Å²) in [6.07, 6.45) is 4.70. The van der Waals surface area contributed by atoms with E-state index in [1.165, 1.54) is 18.2 Å². The van der Waals surface area contributed by atoms with Crippen molar-refractivity contribution in [3.05, 3.63) is 70.3 Å². The van der Waals surface area contributed by atoms with Gasteiger partial charge in [0.25, 0.3) is 5.91 Å². The molecule has 0 aliphatic rings. The molecule has 2 aromatic rings. The van der Waals surface area contributed by atoms with Gasteiger partial charge < -0.3 is 9.84 Å². The van der Waals surface area contributed by atoms with Crippen molar-refractivity contribution in [2.75, 3.05) is 0 Å². The molecule has 7 heteroatoms. The van der Waals surface area contributed by atoms with E-state index >= 15 is 0 Å². The van der Waals surface area contributed by atoms with Crippen molar-refractivity contribution in [1.82, 2.24) is 5.43 Å². The summed E-state index contributed by atoms with van der Waals surface area (Å²) in [5, 5.41) is 9.52. The van der Waals surface area contributed by atoms with Gasteiger partial charge in [0.05, 0.1) is 10.6 Å². The van der Waals surface area contributed by atoms with Crippen molar-refractivity contribution in [2.45, 2.75) is 25.9 Å². The number of ether oxygens (including phenoxy) is 1. The summed E-state index contributed by atoms with van der Waals surface area (Å²) >= 11 is 5.82. The molecule has 6 nitrogen and oxygen atoms in total. The third-order valence-electron chi connectivity index (χ3n) is 3.93. The van der Waals surface area contributed by atoms with Gasteiger partial charge >= 0.3 is 5.97 Å². The number of nitrogen functional groups attached to an aromatic ring is 1. The van der Waals surface area contributed by atoms with Gasteiger partial charge in [0.15, 0.2) is 0 Å². The maximum absolute atomic E-state index is 12.2. The van der Waals surface area contributed by atoms with E-state index in [1.807, 2.05) is 19.1 Å². The zero-order chi connectivity index (χ0) is 19.8. The van der Waals surface area contributed by atoms with Gasteiger partial charge in [0.1, 0.15) is 11.9 Å². The van der Waals surface area contributed by atoms with E-state index in [9.17, 15) is 14.7 Å². The minimum Gasteiger partial charge on any atom is -0.506 e. The predicted octanol–water partition coefficient (Wildman–Crippen LogP) is 3.69. The van der Waals surface area contributed by atoms with E-state index in [4.69, 9.17) is 22.2 Å². The highest BCUT2D eigenvalue weighted by Crippen LogP contribution is 2.24. The van der Waals surface area contributed by atoms with Crippen LogP contribution in [-0.2, 0) is 4.74 Å². The van der Waals surface area contributed by atoms with Crippen LogP contribution < -0.4 is 11.3 Å². The molecule has 0 aromatic heterocycles. The third-order valence-corrected chi connectivity index (χ3v) is 4.23. The summed E-state index contributed by atoms with van der Waals surface area (Å²) in [6.45, 7) is 1.93. The van der Waals surface area contributed by atoms with Crippen LogP contribution in [0.25, 0.3) is 6.08 Å². The van der Waals surface area contributed by atoms with Crippen LogP contribution in [-0.4, -0.2) is 23.1 Å². The lowest BCUT2D eigenvalue weighted by Crippen LogP contribution is -2.29. The molecule has 27 heavy (non-hydrogen) atoms. The second kappa shape index (κ2) is 9.75. The van der Waals surface area contributed by atoms with Gasteiger partial charge in [-0.15, -0.1) is 0 Å². The average molecular weight is 389 g/mol. The molecule has 1 amide bonds. The Balaban J connectivity index is 1.94. The number of nitrogens with two attached hydrogens (primary N) is 1. The molecule has 1 atom stereocenters. The largest absolute Gasteiger partial charge is 0.506 e. The van der Waals surface area contributed by atoms with Crippen molar-refractivity contribution in [3.63, 3.8) is 0 Å². The standard InChI is InChI=1S/C20H21ClN2O4/c1-2-16(27-20(26)15-10-11-18(24)17(21)12-15)5-3-4-13-6-8-14(9-7-13)19(25)23-22/h3-4,6-12,16,24H,2,5,22H2,1H3,(H,23,25). The highest BCUT2D eigenvalue weighted by atomic mass is 35.5. The van der Waals surface area contributed by atoms with E-state index in [0.29, 0.717) is 18.4 Å². The summed E-state index contributed by atoms with van der Waals surface area (Å²) in [4.78, 5) is 23.6. The van der Waals surface area contributed by atoms with Crippen LogP contribution in [0.15, 0.2) is 48.5 Å². The number of hydrogen-bond donors (Lipinski definition) is 3. The van der Waals surface area contributed by atoms with Crippen LogP contribution in [0.1, 0.15) is 46.0 Å². The van der Waals surface area contributed by atoms with Crippen molar-refractivity contribution in [1.29, 1.82) is 0 Å². The molecular formula is C20H21ClN2O4. The summed E-state index contributed by atoms with van der Waals surface area (Å²) in [6, 6.07) is 11.1. The van der Waals surface area contributed by atoms with E-state index in [1.54, 1.807) is 24.3 Å². The Morgan fingerprint density at radius 3 is 2.48 bits per heavy atom. The average Bonchev–Trinajstić information content (AvgIpc) is 2.69. The number of nitrogens with one attached hydrogen (secondary N) is 1. The predicted molar refractivity (Wildman–Crippen MR) is 104 cm³/mol. The Hall–Kier alpha value is -2.83. The number of esters is 1. The lowest BCUT2D eigenvalue weighted by Gasteiger charge is -2.14. The molecular weight excluding hydrogens is 368 g/mol. The van der Waals surface area contributed by atoms with E-state index < -0.39 is 5.97 Å². The molecule has 0 bridgehead atoms. The molecule has 0 aliphatic carbocycles. The first-order valence-electron chi connectivity index (χ1n) is 8.41. The second-order valence-corrected chi connectivity index (χ2v) is 6.24. The number of benzene rings is 2. The second-order valence-electron chi connectivity index (χ2n) is 5.84. The maximum Gasteiger partial charge on any atom is 0.338 e. The SMILES string of the molecule is CCC(CC=Cc1ccc(C(=O)NN)cc1)OC(=O)c1ccc(O)c(Cl)c1. The number of hydrazine groups is 1. The van der Waals surface area contributed by atoms with Crippen molar-refractivity contribution in [3.8, 4) is 5.75 Å². The quantitative estimate of drug-likeness (QED) is 0.290. The monoisotopic (exact) mass is 388 g/mol. The molecule has 142 valence electrons. The molecule has 4 N–H and O–H groups in total. The normalized spacial score (nSPS) is 12.0. The molecule has 2 rings (SSSR count). The smallest absolute Gasteiger partial charge is 0.338 e. The fourth-order valence-corrected chi connectivity index (χ4v) is 2.52. The topological polar surface area (TPSA) is 102 Å². The number of hydrogen-bond acceptors (Lipinski definition) is 5. The number of phenols is 1. The van der Waals surface area contributed by atoms with Gasteiger partial charge in [0.2, 0.25) is 0 Å². The van der Waals surface area contributed by atoms with Crippen LogP contribution in [0.5, 0.6) is 5.75 Å². The van der Waals surface area contributed by atoms with Gasteiger partial charge in [0, 0.05) is 12.0 Å². The number of amides is 1. The Bertz CT molecular complexity index is 834. The van der Waals surface area contributed by atoms with Gasteiger partial charge in [-0.2, -0.15) is 0 Å². The molecule has 0 saturated carbocycles. The summed E-state index contributed by atoms with van der Waals surface area (Å²) in [5.41, 5.74) is 3.75. The van der Waals surface area contributed by atoms with Crippen molar-refractivity contribution >= 4 is 29.6 Å². The van der Waals surface area contributed by atoms with E-state index in [0.717, 1.165) is 5.56 Å². The van der Waals surface area contributed by atoms with Gasteiger partial charge in [-0.25, -0.2) is 10.6 Å². The first-order chi connectivity index (χ1) is 12.9. The van der Waals surface area contributed by atoms with Crippen molar-refractivity contribution < 1.29 is 19.4 Å². The molecule has 0 radical (unpaired) electrons.